The lowest BCUT2D eigenvalue weighted by Gasteiger charge is -2.27. The van der Waals surface area contributed by atoms with E-state index in [1.807, 2.05) is 39.0 Å². The van der Waals surface area contributed by atoms with Crippen LogP contribution in [0.5, 0.6) is 0 Å². The van der Waals surface area contributed by atoms with Gasteiger partial charge in [0.2, 0.25) is 11.8 Å². The fourth-order valence-corrected chi connectivity index (χ4v) is 2.80. The molecule has 0 aromatic heterocycles. The zero-order chi connectivity index (χ0) is 23.1. The van der Waals surface area contributed by atoms with Gasteiger partial charge in [0.25, 0.3) is 0 Å². The highest BCUT2D eigenvalue weighted by Crippen LogP contribution is 2.21. The van der Waals surface area contributed by atoms with Gasteiger partial charge in [-0.15, -0.1) is 0 Å². The van der Waals surface area contributed by atoms with E-state index >= 15 is 0 Å². The monoisotopic (exact) mass is 423 g/mol. The van der Waals surface area contributed by atoms with Crippen LogP contribution in [-0.4, -0.2) is 54.3 Å². The van der Waals surface area contributed by atoms with Crippen molar-refractivity contribution in [3.63, 3.8) is 0 Å². The summed E-state index contributed by atoms with van der Waals surface area (Å²) in [7, 11) is 1.52. The summed E-state index contributed by atoms with van der Waals surface area (Å²) in [6.45, 7) is 12.8. The van der Waals surface area contributed by atoms with Crippen LogP contribution in [-0.2, 0) is 19.1 Å². The lowest BCUT2D eigenvalue weighted by atomic mass is 9.97. The van der Waals surface area contributed by atoms with Gasteiger partial charge < -0.3 is 25.4 Å². The highest BCUT2D eigenvalue weighted by molar-refractivity contribution is 5.91. The van der Waals surface area contributed by atoms with Crippen molar-refractivity contribution in [3.05, 3.63) is 23.8 Å². The number of amides is 3. The number of ether oxygens (including phenoxy) is 2. The van der Waals surface area contributed by atoms with E-state index in [-0.39, 0.29) is 17.6 Å². The molecule has 0 aromatic rings. The molecular weight excluding hydrogens is 386 g/mol. The second-order valence-electron chi connectivity index (χ2n) is 9.39. The van der Waals surface area contributed by atoms with Crippen LogP contribution in [0.15, 0.2) is 23.8 Å². The largest absolute Gasteiger partial charge is 0.444 e. The zero-order valence-corrected chi connectivity index (χ0v) is 19.4. The maximum atomic E-state index is 12.5. The molecule has 0 radical (unpaired) electrons. The average molecular weight is 424 g/mol. The second kappa shape index (κ2) is 10.6. The molecule has 3 amide bonds. The Morgan fingerprint density at radius 3 is 2.17 bits per heavy atom. The Bertz CT molecular complexity index is 686. The number of hydrogen-bond donors (Lipinski definition) is 3. The standard InChI is InChI=1S/C22H37N3O5/c1-14(24-20(28)30-22(5,6)7)18(26)25-17(19(27)23-8)13-15-9-11-16(12-10-15)29-21(2,3)4/h9-11,14,16-17H,12-13H2,1-8H3,(H,23,27)(H,24,28)(H,25,26). The van der Waals surface area contributed by atoms with Gasteiger partial charge in [-0.1, -0.05) is 18.2 Å². The summed E-state index contributed by atoms with van der Waals surface area (Å²) in [5, 5.41) is 7.75. The van der Waals surface area contributed by atoms with Gasteiger partial charge in [-0.3, -0.25) is 9.59 Å². The van der Waals surface area contributed by atoms with Crippen LogP contribution in [0.2, 0.25) is 0 Å². The van der Waals surface area contributed by atoms with Crippen LogP contribution in [0.4, 0.5) is 4.79 Å². The minimum atomic E-state index is -0.854. The lowest BCUT2D eigenvalue weighted by Crippen LogP contribution is -2.53. The molecule has 170 valence electrons. The van der Waals surface area contributed by atoms with Crippen LogP contribution in [0.1, 0.15) is 61.3 Å². The number of allylic oxidation sites excluding steroid dienone is 1. The van der Waals surface area contributed by atoms with E-state index in [1.54, 1.807) is 20.8 Å². The molecule has 0 aromatic carbocycles. The molecule has 0 fully saturated rings. The van der Waals surface area contributed by atoms with Gasteiger partial charge in [0, 0.05) is 13.5 Å². The van der Waals surface area contributed by atoms with Crippen LogP contribution in [0.3, 0.4) is 0 Å². The Labute approximate surface area is 179 Å². The van der Waals surface area contributed by atoms with Crippen molar-refractivity contribution in [2.45, 2.75) is 90.7 Å². The SMILES string of the molecule is CNC(=O)C(CC1=CCC(OC(C)(C)C)C=C1)NC(=O)C(C)NC(=O)OC(C)(C)C. The highest BCUT2D eigenvalue weighted by Gasteiger charge is 2.26. The van der Waals surface area contributed by atoms with Crippen molar-refractivity contribution in [1.29, 1.82) is 0 Å². The normalized spacial score (nSPS) is 18.7. The Balaban J connectivity index is 2.68. The molecule has 3 atom stereocenters. The molecule has 8 nitrogen and oxygen atoms in total. The summed E-state index contributed by atoms with van der Waals surface area (Å²) in [6, 6.07) is -1.62. The summed E-state index contributed by atoms with van der Waals surface area (Å²) < 4.78 is 11.1. The summed E-state index contributed by atoms with van der Waals surface area (Å²) in [5.41, 5.74) is 0.0283. The van der Waals surface area contributed by atoms with Crippen molar-refractivity contribution in [2.24, 2.45) is 0 Å². The third-order valence-electron chi connectivity index (χ3n) is 4.09. The van der Waals surface area contributed by atoms with Crippen molar-refractivity contribution < 1.29 is 23.9 Å². The summed E-state index contributed by atoms with van der Waals surface area (Å²) in [4.78, 5) is 36.7. The predicted octanol–water partition coefficient (Wildman–Crippen LogP) is 2.59. The molecule has 0 saturated heterocycles. The molecule has 0 bridgehead atoms. The second-order valence-corrected chi connectivity index (χ2v) is 9.39. The molecule has 3 unspecified atom stereocenters. The fraction of sp³-hybridized carbons (Fsp3) is 0.682. The first-order valence-corrected chi connectivity index (χ1v) is 10.3. The van der Waals surface area contributed by atoms with Gasteiger partial charge in [0.15, 0.2) is 0 Å². The van der Waals surface area contributed by atoms with Gasteiger partial charge in [-0.25, -0.2) is 4.79 Å². The molecule has 0 saturated carbocycles. The number of likely N-dealkylation sites (N-methyl/N-ethyl adjacent to an activating group) is 1. The first-order chi connectivity index (χ1) is 13.7. The predicted molar refractivity (Wildman–Crippen MR) is 116 cm³/mol. The maximum absolute atomic E-state index is 12.5. The third kappa shape index (κ3) is 9.91. The number of nitrogens with one attached hydrogen (secondary N) is 3. The van der Waals surface area contributed by atoms with Crippen molar-refractivity contribution in [3.8, 4) is 0 Å². The van der Waals surface area contributed by atoms with E-state index in [0.29, 0.717) is 12.8 Å². The molecular formula is C22H37N3O5. The van der Waals surface area contributed by atoms with Crippen LogP contribution in [0, 0.1) is 0 Å². The number of carbonyl (C=O) groups is 3. The van der Waals surface area contributed by atoms with Crippen molar-refractivity contribution in [2.75, 3.05) is 7.05 Å². The van der Waals surface area contributed by atoms with Gasteiger partial charge >= 0.3 is 6.09 Å². The molecule has 8 heteroatoms. The molecule has 0 heterocycles. The molecule has 3 N–H and O–H groups in total. The maximum Gasteiger partial charge on any atom is 0.408 e. The average Bonchev–Trinajstić information content (AvgIpc) is 2.58. The highest BCUT2D eigenvalue weighted by atomic mass is 16.6. The van der Waals surface area contributed by atoms with E-state index in [1.165, 1.54) is 14.0 Å². The van der Waals surface area contributed by atoms with Gasteiger partial charge in [0.1, 0.15) is 17.7 Å². The van der Waals surface area contributed by atoms with Crippen LogP contribution >= 0.6 is 0 Å². The summed E-state index contributed by atoms with van der Waals surface area (Å²) in [5.74, 6) is -0.779. The Morgan fingerprint density at radius 2 is 1.70 bits per heavy atom. The topological polar surface area (TPSA) is 106 Å². The number of carbonyl (C=O) groups excluding carboxylic acids is 3. The minimum Gasteiger partial charge on any atom is -0.444 e. The molecule has 0 aliphatic heterocycles. The van der Waals surface area contributed by atoms with Crippen molar-refractivity contribution in [1.82, 2.24) is 16.0 Å². The van der Waals surface area contributed by atoms with Crippen molar-refractivity contribution >= 4 is 17.9 Å². The van der Waals surface area contributed by atoms with Crippen LogP contribution < -0.4 is 16.0 Å². The van der Waals surface area contributed by atoms with E-state index in [9.17, 15) is 14.4 Å². The van der Waals surface area contributed by atoms with E-state index < -0.39 is 29.7 Å². The summed E-state index contributed by atoms with van der Waals surface area (Å²) >= 11 is 0. The van der Waals surface area contributed by atoms with Gasteiger partial charge in [-0.05, 0) is 60.5 Å². The van der Waals surface area contributed by atoms with E-state index in [0.717, 1.165) is 5.57 Å². The minimum absolute atomic E-state index is 0.0140. The van der Waals surface area contributed by atoms with Gasteiger partial charge in [0.05, 0.1) is 11.7 Å². The zero-order valence-electron chi connectivity index (χ0n) is 19.4. The fourth-order valence-electron chi connectivity index (χ4n) is 2.80. The first-order valence-electron chi connectivity index (χ1n) is 10.3. The Morgan fingerprint density at radius 1 is 1.07 bits per heavy atom. The number of alkyl carbamates (subject to hydrolysis) is 1. The molecule has 1 rings (SSSR count). The first kappa shape index (κ1) is 25.7. The lowest BCUT2D eigenvalue weighted by molar-refractivity contribution is -0.129. The Kier molecular flexibility index (Phi) is 9.09. The Hall–Kier alpha value is -2.35. The number of hydrogen-bond acceptors (Lipinski definition) is 5. The number of rotatable bonds is 7. The van der Waals surface area contributed by atoms with Gasteiger partial charge in [-0.2, -0.15) is 0 Å². The molecule has 1 aliphatic rings. The molecule has 30 heavy (non-hydrogen) atoms. The summed E-state index contributed by atoms with van der Waals surface area (Å²) in [6.07, 6.45) is 6.24. The quantitative estimate of drug-likeness (QED) is 0.584. The third-order valence-corrected chi connectivity index (χ3v) is 4.09. The van der Waals surface area contributed by atoms with E-state index in [4.69, 9.17) is 9.47 Å². The molecule has 1 aliphatic carbocycles. The smallest absolute Gasteiger partial charge is 0.408 e. The van der Waals surface area contributed by atoms with E-state index in [2.05, 4.69) is 16.0 Å². The molecule has 0 spiro atoms. The van der Waals surface area contributed by atoms with Crippen LogP contribution in [0.25, 0.3) is 0 Å².